The fourth-order valence-corrected chi connectivity index (χ4v) is 2.55. The van der Waals surface area contributed by atoms with E-state index in [1.54, 1.807) is 4.90 Å². The minimum absolute atomic E-state index is 0.166. The van der Waals surface area contributed by atoms with E-state index in [1.165, 1.54) is 12.1 Å². The van der Waals surface area contributed by atoms with Gasteiger partial charge in [0.15, 0.2) is 0 Å². The summed E-state index contributed by atoms with van der Waals surface area (Å²) in [6, 6.07) is 6.65. The van der Waals surface area contributed by atoms with Crippen LogP contribution >= 0.6 is 0 Å². The van der Waals surface area contributed by atoms with Crippen LogP contribution in [0.1, 0.15) is 18.4 Å². The Balaban J connectivity index is 1.83. The van der Waals surface area contributed by atoms with Crippen LogP contribution in [-0.2, 0) is 11.3 Å². The van der Waals surface area contributed by atoms with Crippen molar-refractivity contribution in [3.8, 4) is 0 Å². The summed E-state index contributed by atoms with van der Waals surface area (Å²) in [5, 5.41) is 0. The van der Waals surface area contributed by atoms with Crippen molar-refractivity contribution < 1.29 is 9.18 Å². The minimum Gasteiger partial charge on any atom is -0.349 e. The van der Waals surface area contributed by atoms with Crippen LogP contribution in [0.15, 0.2) is 24.3 Å². The van der Waals surface area contributed by atoms with Gasteiger partial charge in [0.2, 0.25) is 5.91 Å². The zero-order valence-electron chi connectivity index (χ0n) is 11.6. The molecule has 0 aromatic heterocycles. The van der Waals surface area contributed by atoms with E-state index in [9.17, 15) is 9.18 Å². The second-order valence-corrected chi connectivity index (χ2v) is 5.41. The second kappa shape index (κ2) is 6.15. The highest BCUT2D eigenvalue weighted by Gasteiger charge is 2.25. The van der Waals surface area contributed by atoms with Gasteiger partial charge in [-0.15, -0.1) is 0 Å². The Kier molecular flexibility index (Phi) is 4.53. The molecule has 1 aliphatic heterocycles. The molecule has 1 heterocycles. The summed E-state index contributed by atoms with van der Waals surface area (Å²) in [7, 11) is 3.63. The lowest BCUT2D eigenvalue weighted by Gasteiger charge is -2.32. The number of hydrogen-bond acceptors (Lipinski definition) is 2. The first kappa shape index (κ1) is 14.0. The molecule has 3 nitrogen and oxygen atoms in total. The number of piperidine rings is 1. The lowest BCUT2D eigenvalue weighted by molar-refractivity contribution is -0.134. The van der Waals surface area contributed by atoms with Gasteiger partial charge in [0.1, 0.15) is 5.82 Å². The zero-order valence-corrected chi connectivity index (χ0v) is 11.6. The number of benzene rings is 1. The molecule has 19 heavy (non-hydrogen) atoms. The second-order valence-electron chi connectivity index (χ2n) is 5.41. The van der Waals surface area contributed by atoms with Crippen LogP contribution in [0, 0.1) is 11.7 Å². The van der Waals surface area contributed by atoms with E-state index < -0.39 is 0 Å². The maximum Gasteiger partial charge on any atom is 0.225 e. The Morgan fingerprint density at radius 2 is 1.84 bits per heavy atom. The lowest BCUT2D eigenvalue weighted by atomic mass is 9.95. The van der Waals surface area contributed by atoms with Crippen molar-refractivity contribution >= 4 is 5.91 Å². The summed E-state index contributed by atoms with van der Waals surface area (Å²) in [5.41, 5.74) is 1.12. The first-order chi connectivity index (χ1) is 9.06. The standard InChI is InChI=1S/C15H21FN2O/c1-17(2)15(19)13-7-9-18(10-8-13)11-12-3-5-14(16)6-4-12/h3-6,13H,7-11H2,1-2H3. The summed E-state index contributed by atoms with van der Waals surface area (Å²) in [5.74, 6) is 0.208. The Morgan fingerprint density at radius 3 is 2.37 bits per heavy atom. The summed E-state index contributed by atoms with van der Waals surface area (Å²) in [6.07, 6.45) is 1.83. The van der Waals surface area contributed by atoms with Crippen molar-refractivity contribution in [3.05, 3.63) is 35.6 Å². The smallest absolute Gasteiger partial charge is 0.225 e. The molecule has 1 saturated heterocycles. The summed E-state index contributed by atoms with van der Waals surface area (Å²) >= 11 is 0. The van der Waals surface area contributed by atoms with E-state index in [0.717, 1.165) is 38.0 Å². The number of rotatable bonds is 3. The molecule has 0 atom stereocenters. The van der Waals surface area contributed by atoms with Crippen molar-refractivity contribution in [1.29, 1.82) is 0 Å². The number of likely N-dealkylation sites (tertiary alicyclic amines) is 1. The molecule has 1 aliphatic rings. The third-order valence-corrected chi connectivity index (χ3v) is 3.70. The lowest BCUT2D eigenvalue weighted by Crippen LogP contribution is -2.39. The van der Waals surface area contributed by atoms with Gasteiger partial charge in [-0.3, -0.25) is 9.69 Å². The molecule has 4 heteroatoms. The molecular weight excluding hydrogens is 243 g/mol. The van der Waals surface area contributed by atoms with E-state index in [1.807, 2.05) is 26.2 Å². The molecule has 0 unspecified atom stereocenters. The molecule has 0 N–H and O–H groups in total. The zero-order chi connectivity index (χ0) is 13.8. The van der Waals surface area contributed by atoms with Gasteiger partial charge in [0.25, 0.3) is 0 Å². The fraction of sp³-hybridized carbons (Fsp3) is 0.533. The molecule has 0 saturated carbocycles. The van der Waals surface area contributed by atoms with Crippen LogP contribution in [0.4, 0.5) is 4.39 Å². The van der Waals surface area contributed by atoms with E-state index in [-0.39, 0.29) is 17.6 Å². The van der Waals surface area contributed by atoms with Crippen LogP contribution in [0.25, 0.3) is 0 Å². The Bertz CT molecular complexity index is 422. The molecule has 0 radical (unpaired) electrons. The Hall–Kier alpha value is -1.42. The van der Waals surface area contributed by atoms with Gasteiger partial charge in [0, 0.05) is 26.6 Å². The molecule has 2 rings (SSSR count). The highest BCUT2D eigenvalue weighted by molar-refractivity contribution is 5.78. The molecule has 1 amide bonds. The summed E-state index contributed by atoms with van der Waals surface area (Å²) in [4.78, 5) is 15.9. The SMILES string of the molecule is CN(C)C(=O)C1CCN(Cc2ccc(F)cc2)CC1. The highest BCUT2D eigenvalue weighted by atomic mass is 19.1. The van der Waals surface area contributed by atoms with Gasteiger partial charge in [0.05, 0.1) is 0 Å². The molecule has 1 aromatic rings. The van der Waals surface area contributed by atoms with E-state index in [0.29, 0.717) is 0 Å². The average molecular weight is 264 g/mol. The third-order valence-electron chi connectivity index (χ3n) is 3.70. The molecule has 0 aliphatic carbocycles. The number of nitrogens with zero attached hydrogens (tertiary/aromatic N) is 2. The first-order valence-electron chi connectivity index (χ1n) is 6.74. The van der Waals surface area contributed by atoms with Crippen molar-refractivity contribution in [1.82, 2.24) is 9.80 Å². The molecule has 1 fully saturated rings. The van der Waals surface area contributed by atoms with E-state index in [4.69, 9.17) is 0 Å². The van der Waals surface area contributed by atoms with Crippen LogP contribution < -0.4 is 0 Å². The highest BCUT2D eigenvalue weighted by Crippen LogP contribution is 2.20. The normalized spacial score (nSPS) is 17.4. The van der Waals surface area contributed by atoms with Gasteiger partial charge in [-0.2, -0.15) is 0 Å². The van der Waals surface area contributed by atoms with Crippen molar-refractivity contribution in [3.63, 3.8) is 0 Å². The number of halogens is 1. The topological polar surface area (TPSA) is 23.6 Å². The van der Waals surface area contributed by atoms with Crippen LogP contribution in [0.5, 0.6) is 0 Å². The predicted molar refractivity (Wildman–Crippen MR) is 73.1 cm³/mol. The van der Waals surface area contributed by atoms with Crippen molar-refractivity contribution in [2.24, 2.45) is 5.92 Å². The summed E-state index contributed by atoms with van der Waals surface area (Å²) < 4.78 is 12.8. The minimum atomic E-state index is -0.195. The predicted octanol–water partition coefficient (Wildman–Crippen LogP) is 2.13. The van der Waals surface area contributed by atoms with Crippen LogP contribution in [0.2, 0.25) is 0 Å². The molecule has 0 bridgehead atoms. The number of hydrogen-bond donors (Lipinski definition) is 0. The fourth-order valence-electron chi connectivity index (χ4n) is 2.55. The quantitative estimate of drug-likeness (QED) is 0.835. The van der Waals surface area contributed by atoms with Crippen molar-refractivity contribution in [2.45, 2.75) is 19.4 Å². The Labute approximate surface area is 114 Å². The molecule has 0 spiro atoms. The number of carbonyl (C=O) groups is 1. The monoisotopic (exact) mass is 264 g/mol. The maximum absolute atomic E-state index is 12.8. The Morgan fingerprint density at radius 1 is 1.26 bits per heavy atom. The molecule has 104 valence electrons. The van der Waals surface area contributed by atoms with Crippen LogP contribution in [-0.4, -0.2) is 42.9 Å². The number of amides is 1. The largest absolute Gasteiger partial charge is 0.349 e. The van der Waals surface area contributed by atoms with Gasteiger partial charge in [-0.05, 0) is 43.6 Å². The number of carbonyl (C=O) groups excluding carboxylic acids is 1. The summed E-state index contributed by atoms with van der Waals surface area (Å²) in [6.45, 7) is 2.70. The van der Waals surface area contributed by atoms with Gasteiger partial charge < -0.3 is 4.90 Å². The maximum atomic E-state index is 12.8. The van der Waals surface area contributed by atoms with Crippen LogP contribution in [0.3, 0.4) is 0 Å². The molecule has 1 aromatic carbocycles. The van der Waals surface area contributed by atoms with E-state index >= 15 is 0 Å². The third kappa shape index (κ3) is 3.77. The van der Waals surface area contributed by atoms with Gasteiger partial charge in [-0.1, -0.05) is 12.1 Å². The van der Waals surface area contributed by atoms with Crippen molar-refractivity contribution in [2.75, 3.05) is 27.2 Å². The van der Waals surface area contributed by atoms with Gasteiger partial charge >= 0.3 is 0 Å². The first-order valence-corrected chi connectivity index (χ1v) is 6.74. The van der Waals surface area contributed by atoms with E-state index in [2.05, 4.69) is 4.90 Å². The van der Waals surface area contributed by atoms with Gasteiger partial charge in [-0.25, -0.2) is 4.39 Å². The molecular formula is C15H21FN2O. The average Bonchev–Trinajstić information content (AvgIpc) is 2.41.